The molecule has 0 aliphatic carbocycles. The number of amides is 1. The highest BCUT2D eigenvalue weighted by atomic mass is 79.9. The fourth-order valence-electron chi connectivity index (χ4n) is 3.27. The van der Waals surface area contributed by atoms with Crippen molar-refractivity contribution < 1.29 is 4.79 Å². The van der Waals surface area contributed by atoms with E-state index in [0.717, 1.165) is 21.1 Å². The zero-order valence-corrected chi connectivity index (χ0v) is 17.9. The molecule has 0 saturated heterocycles. The molecule has 0 spiro atoms. The van der Waals surface area contributed by atoms with Gasteiger partial charge in [-0.2, -0.15) is 4.98 Å². The summed E-state index contributed by atoms with van der Waals surface area (Å²) in [6.45, 7) is 1.02. The van der Waals surface area contributed by atoms with Crippen molar-refractivity contribution >= 4 is 38.6 Å². The molecular formula is C21H17BrN8O. The lowest BCUT2D eigenvalue weighted by atomic mass is 10.1. The lowest BCUT2D eigenvalue weighted by molar-refractivity contribution is 0.0954. The number of halogens is 1. The van der Waals surface area contributed by atoms with Crippen molar-refractivity contribution in [1.29, 1.82) is 0 Å². The molecule has 31 heavy (non-hydrogen) atoms. The summed E-state index contributed by atoms with van der Waals surface area (Å²) in [6.07, 6.45) is 3.98. The van der Waals surface area contributed by atoms with Gasteiger partial charge in [-0.3, -0.25) is 4.79 Å². The second-order valence-corrected chi connectivity index (χ2v) is 7.90. The van der Waals surface area contributed by atoms with Gasteiger partial charge in [-0.15, -0.1) is 10.2 Å². The number of nitrogens with zero attached hydrogens (tertiary/aromatic N) is 7. The van der Waals surface area contributed by atoms with E-state index in [1.165, 1.54) is 0 Å². The van der Waals surface area contributed by atoms with Crippen LogP contribution < -0.4 is 5.32 Å². The summed E-state index contributed by atoms with van der Waals surface area (Å²) in [5.41, 5.74) is 3.48. The number of para-hydroxylation sites is 1. The molecule has 0 saturated carbocycles. The lowest BCUT2D eigenvalue weighted by Crippen LogP contribution is -2.26. The van der Waals surface area contributed by atoms with E-state index in [-0.39, 0.29) is 5.91 Å². The molecule has 1 N–H and O–H groups in total. The molecule has 154 valence electrons. The third kappa shape index (κ3) is 4.15. The Morgan fingerprint density at radius 3 is 2.81 bits per heavy atom. The third-order valence-electron chi connectivity index (χ3n) is 4.81. The number of hydrogen-bond acceptors (Lipinski definition) is 6. The van der Waals surface area contributed by atoms with Gasteiger partial charge in [0.15, 0.2) is 5.82 Å². The second kappa shape index (κ2) is 8.23. The van der Waals surface area contributed by atoms with E-state index in [0.29, 0.717) is 36.7 Å². The van der Waals surface area contributed by atoms with E-state index in [1.54, 1.807) is 16.9 Å². The number of aromatic nitrogens is 7. The van der Waals surface area contributed by atoms with Gasteiger partial charge >= 0.3 is 0 Å². The second-order valence-electron chi connectivity index (χ2n) is 6.98. The van der Waals surface area contributed by atoms with Crippen LogP contribution in [-0.2, 0) is 13.0 Å². The Kier molecular flexibility index (Phi) is 5.13. The Balaban J connectivity index is 1.18. The van der Waals surface area contributed by atoms with Crippen molar-refractivity contribution in [2.75, 3.05) is 6.54 Å². The summed E-state index contributed by atoms with van der Waals surface area (Å²) < 4.78 is 4.28. The van der Waals surface area contributed by atoms with E-state index < -0.39 is 0 Å². The molecule has 9 nitrogen and oxygen atoms in total. The van der Waals surface area contributed by atoms with Crippen molar-refractivity contribution in [1.82, 2.24) is 39.9 Å². The van der Waals surface area contributed by atoms with Crippen LogP contribution in [0, 0.1) is 0 Å². The van der Waals surface area contributed by atoms with E-state index in [1.807, 2.05) is 53.2 Å². The van der Waals surface area contributed by atoms with Crippen molar-refractivity contribution in [3.8, 4) is 0 Å². The van der Waals surface area contributed by atoms with Crippen LogP contribution in [0.25, 0.3) is 16.8 Å². The fourth-order valence-corrected chi connectivity index (χ4v) is 3.56. The molecule has 2 aromatic carbocycles. The van der Waals surface area contributed by atoms with Crippen molar-refractivity contribution in [2.24, 2.45) is 0 Å². The van der Waals surface area contributed by atoms with E-state index in [2.05, 4.69) is 46.6 Å². The van der Waals surface area contributed by atoms with E-state index in [4.69, 9.17) is 0 Å². The van der Waals surface area contributed by atoms with Crippen LogP contribution in [0.15, 0.2) is 65.4 Å². The van der Waals surface area contributed by atoms with Crippen LogP contribution in [0.2, 0.25) is 0 Å². The first-order chi connectivity index (χ1) is 15.2. The van der Waals surface area contributed by atoms with E-state index in [9.17, 15) is 4.79 Å². The summed E-state index contributed by atoms with van der Waals surface area (Å²) >= 11 is 3.36. The van der Waals surface area contributed by atoms with Gasteiger partial charge in [-0.1, -0.05) is 29.5 Å². The minimum absolute atomic E-state index is 0.137. The highest BCUT2D eigenvalue weighted by molar-refractivity contribution is 9.10. The Labute approximate surface area is 185 Å². The first-order valence-electron chi connectivity index (χ1n) is 9.68. The average Bonchev–Trinajstić information content (AvgIpc) is 3.37. The number of hydrogen-bond donors (Lipinski definition) is 1. The quantitative estimate of drug-likeness (QED) is 0.404. The average molecular weight is 477 g/mol. The summed E-state index contributed by atoms with van der Waals surface area (Å²) in [5.74, 6) is 1.02. The van der Waals surface area contributed by atoms with Crippen LogP contribution in [0.4, 0.5) is 0 Å². The van der Waals surface area contributed by atoms with Crippen LogP contribution >= 0.6 is 15.9 Å². The van der Waals surface area contributed by atoms with Crippen LogP contribution in [-0.4, -0.2) is 47.0 Å². The zero-order valence-electron chi connectivity index (χ0n) is 16.3. The molecule has 0 aliphatic rings. The molecule has 3 aromatic heterocycles. The number of rotatable bonds is 6. The molecule has 10 heteroatoms. The van der Waals surface area contributed by atoms with Gasteiger partial charge in [0.25, 0.3) is 11.7 Å². The summed E-state index contributed by atoms with van der Waals surface area (Å²) in [6, 6.07) is 15.3. The molecule has 0 fully saturated rings. The normalized spacial score (nSPS) is 11.3. The van der Waals surface area contributed by atoms with Gasteiger partial charge in [0, 0.05) is 30.9 Å². The number of benzene rings is 2. The maximum atomic E-state index is 12.5. The van der Waals surface area contributed by atoms with Gasteiger partial charge in [0.05, 0.1) is 16.5 Å². The maximum Gasteiger partial charge on any atom is 0.252 e. The lowest BCUT2D eigenvalue weighted by Gasteiger charge is -2.06. The Morgan fingerprint density at radius 2 is 1.94 bits per heavy atom. The van der Waals surface area contributed by atoms with Crippen molar-refractivity contribution in [3.05, 3.63) is 82.3 Å². The minimum atomic E-state index is -0.137. The van der Waals surface area contributed by atoms with E-state index >= 15 is 0 Å². The van der Waals surface area contributed by atoms with Gasteiger partial charge in [0.1, 0.15) is 5.52 Å². The predicted octanol–water partition coefficient (Wildman–Crippen LogP) is 2.65. The Morgan fingerprint density at radius 1 is 1.10 bits per heavy atom. The fraction of sp³-hybridized carbons (Fsp3) is 0.143. The van der Waals surface area contributed by atoms with Gasteiger partial charge in [-0.05, 0) is 45.8 Å². The van der Waals surface area contributed by atoms with Crippen LogP contribution in [0.5, 0.6) is 0 Å². The molecule has 0 unspecified atom stereocenters. The van der Waals surface area contributed by atoms with Gasteiger partial charge in [-0.25, -0.2) is 14.2 Å². The molecule has 0 bridgehead atoms. The molecule has 0 aliphatic heterocycles. The number of nitrogens with one attached hydrogen (secondary N) is 1. The van der Waals surface area contributed by atoms with Crippen LogP contribution in [0.3, 0.4) is 0 Å². The third-order valence-corrected chi connectivity index (χ3v) is 5.22. The van der Waals surface area contributed by atoms with Gasteiger partial charge < -0.3 is 5.32 Å². The number of fused-ring (bicyclic) bond motifs is 2. The first-order valence-corrected chi connectivity index (χ1v) is 10.5. The Bertz CT molecular complexity index is 1380. The standard InChI is InChI=1S/C21H17BrN8O/c22-16-11-24-21-25-19(27-30(21)13-16)9-10-23-20(31)15-7-5-14(6-8-15)12-29-18-4-2-1-3-17(18)26-28-29/h1-8,11,13H,9-10,12H2,(H,23,31). The van der Waals surface area contributed by atoms with Crippen LogP contribution in [0.1, 0.15) is 21.7 Å². The summed E-state index contributed by atoms with van der Waals surface area (Å²) in [7, 11) is 0. The molecule has 0 atom stereocenters. The topological polar surface area (TPSA) is 103 Å². The largest absolute Gasteiger partial charge is 0.352 e. The molecular weight excluding hydrogens is 460 g/mol. The van der Waals surface area contributed by atoms with Gasteiger partial charge in [0.2, 0.25) is 0 Å². The SMILES string of the molecule is O=C(NCCc1nc2ncc(Br)cn2n1)c1ccc(Cn2nnc3ccccc32)cc1. The molecule has 1 amide bonds. The highest BCUT2D eigenvalue weighted by Gasteiger charge is 2.09. The molecule has 3 heterocycles. The predicted molar refractivity (Wildman–Crippen MR) is 118 cm³/mol. The molecule has 5 aromatic rings. The highest BCUT2D eigenvalue weighted by Crippen LogP contribution is 2.13. The smallest absolute Gasteiger partial charge is 0.252 e. The van der Waals surface area contributed by atoms with Crippen molar-refractivity contribution in [3.63, 3.8) is 0 Å². The Hall–Kier alpha value is -3.66. The zero-order chi connectivity index (χ0) is 21.2. The minimum Gasteiger partial charge on any atom is -0.352 e. The summed E-state index contributed by atoms with van der Waals surface area (Å²) in [4.78, 5) is 21.0. The molecule has 0 radical (unpaired) electrons. The summed E-state index contributed by atoms with van der Waals surface area (Å²) in [5, 5.41) is 15.6. The monoisotopic (exact) mass is 476 g/mol. The number of carbonyl (C=O) groups excluding carboxylic acids is 1. The maximum absolute atomic E-state index is 12.5. The molecule has 5 rings (SSSR count). The number of carbonyl (C=O) groups is 1. The first kappa shape index (κ1) is 19.3. The van der Waals surface area contributed by atoms with Crippen molar-refractivity contribution in [2.45, 2.75) is 13.0 Å².